The minimum atomic E-state index is 0.886. The monoisotopic (exact) mass is 256 g/mol. The molecule has 0 N–H and O–H groups in total. The summed E-state index contributed by atoms with van der Waals surface area (Å²) in [5.74, 6) is 0. The molecule has 0 radical (unpaired) electrons. The Labute approximate surface area is 114 Å². The fraction of sp³-hybridized carbons (Fsp3) is 0.438. The standard InChI is InChI=1S/C16H20N2O/c1-2-6-16-15(5-1)12-14(13-17-16)4-3-7-18-8-10-19-11-9-18/h1-2,5-6,12-13H,3-4,7-11H2. The van der Waals surface area contributed by atoms with E-state index in [4.69, 9.17) is 4.74 Å². The lowest BCUT2D eigenvalue weighted by atomic mass is 10.1. The lowest BCUT2D eigenvalue weighted by Gasteiger charge is -2.26. The largest absolute Gasteiger partial charge is 0.379 e. The van der Waals surface area contributed by atoms with Crippen LogP contribution in [0.2, 0.25) is 0 Å². The van der Waals surface area contributed by atoms with Gasteiger partial charge in [0.05, 0.1) is 18.7 Å². The molecule has 1 fully saturated rings. The van der Waals surface area contributed by atoms with Gasteiger partial charge in [-0.25, -0.2) is 0 Å². The Bertz CT molecular complexity index is 535. The van der Waals surface area contributed by atoms with Gasteiger partial charge in [0.1, 0.15) is 0 Å². The third kappa shape index (κ3) is 3.31. The van der Waals surface area contributed by atoms with Gasteiger partial charge in [-0.1, -0.05) is 18.2 Å². The van der Waals surface area contributed by atoms with Crippen LogP contribution in [-0.4, -0.2) is 42.7 Å². The second-order valence-corrected chi connectivity index (χ2v) is 5.09. The minimum absolute atomic E-state index is 0.886. The summed E-state index contributed by atoms with van der Waals surface area (Å²) in [4.78, 5) is 7.00. The number of rotatable bonds is 4. The van der Waals surface area contributed by atoms with Crippen molar-refractivity contribution in [1.82, 2.24) is 9.88 Å². The number of morpholine rings is 1. The molecule has 1 aromatic carbocycles. The molecule has 1 saturated heterocycles. The van der Waals surface area contributed by atoms with Gasteiger partial charge in [0, 0.05) is 24.7 Å². The van der Waals surface area contributed by atoms with Crippen LogP contribution in [0, 0.1) is 0 Å². The highest BCUT2D eigenvalue weighted by molar-refractivity contribution is 5.78. The van der Waals surface area contributed by atoms with Crippen molar-refractivity contribution in [3.63, 3.8) is 0 Å². The van der Waals surface area contributed by atoms with Gasteiger partial charge in [-0.05, 0) is 37.1 Å². The van der Waals surface area contributed by atoms with E-state index in [0.29, 0.717) is 0 Å². The maximum Gasteiger partial charge on any atom is 0.0702 e. The third-order valence-electron chi connectivity index (χ3n) is 3.69. The second kappa shape index (κ2) is 6.13. The van der Waals surface area contributed by atoms with Crippen molar-refractivity contribution in [2.24, 2.45) is 0 Å². The van der Waals surface area contributed by atoms with E-state index in [1.165, 1.54) is 17.4 Å². The van der Waals surface area contributed by atoms with Crippen molar-refractivity contribution in [3.05, 3.63) is 42.1 Å². The average Bonchev–Trinajstić information content (AvgIpc) is 2.48. The predicted molar refractivity (Wildman–Crippen MR) is 77.3 cm³/mol. The van der Waals surface area contributed by atoms with Crippen LogP contribution in [0.4, 0.5) is 0 Å². The number of fused-ring (bicyclic) bond motifs is 1. The van der Waals surface area contributed by atoms with Gasteiger partial charge >= 0.3 is 0 Å². The summed E-state index contributed by atoms with van der Waals surface area (Å²) in [5.41, 5.74) is 2.42. The molecule has 0 spiro atoms. The van der Waals surface area contributed by atoms with E-state index in [-0.39, 0.29) is 0 Å². The summed E-state index contributed by atoms with van der Waals surface area (Å²) < 4.78 is 5.36. The van der Waals surface area contributed by atoms with Crippen LogP contribution in [0.15, 0.2) is 36.5 Å². The van der Waals surface area contributed by atoms with Crippen LogP contribution < -0.4 is 0 Å². The van der Waals surface area contributed by atoms with E-state index < -0.39 is 0 Å². The smallest absolute Gasteiger partial charge is 0.0702 e. The first-order valence-corrected chi connectivity index (χ1v) is 7.05. The van der Waals surface area contributed by atoms with E-state index in [0.717, 1.165) is 44.8 Å². The molecule has 3 rings (SSSR count). The van der Waals surface area contributed by atoms with Gasteiger partial charge in [-0.2, -0.15) is 0 Å². The number of nitrogens with zero attached hydrogens (tertiary/aromatic N) is 2. The Morgan fingerprint density at radius 2 is 2.00 bits per heavy atom. The van der Waals surface area contributed by atoms with Crippen LogP contribution in [0.3, 0.4) is 0 Å². The van der Waals surface area contributed by atoms with Crippen molar-refractivity contribution in [3.8, 4) is 0 Å². The lowest BCUT2D eigenvalue weighted by Crippen LogP contribution is -2.36. The summed E-state index contributed by atoms with van der Waals surface area (Å²) in [6, 6.07) is 10.6. The van der Waals surface area contributed by atoms with Gasteiger partial charge in [0.25, 0.3) is 0 Å². The first-order chi connectivity index (χ1) is 9.42. The molecule has 2 aromatic rings. The molecule has 19 heavy (non-hydrogen) atoms. The predicted octanol–water partition coefficient (Wildman–Crippen LogP) is 2.50. The molecule has 0 amide bonds. The number of hydrogen-bond acceptors (Lipinski definition) is 3. The number of benzene rings is 1. The number of pyridine rings is 1. The molecule has 3 heteroatoms. The summed E-state index contributed by atoms with van der Waals surface area (Å²) >= 11 is 0. The molecule has 0 saturated carbocycles. The van der Waals surface area contributed by atoms with Crippen molar-refractivity contribution in [2.45, 2.75) is 12.8 Å². The Morgan fingerprint density at radius 3 is 2.89 bits per heavy atom. The summed E-state index contributed by atoms with van der Waals surface area (Å²) in [7, 11) is 0. The lowest BCUT2D eigenvalue weighted by molar-refractivity contribution is 0.0374. The normalized spacial score (nSPS) is 16.8. The van der Waals surface area contributed by atoms with Crippen LogP contribution in [0.5, 0.6) is 0 Å². The third-order valence-corrected chi connectivity index (χ3v) is 3.69. The molecular weight excluding hydrogens is 236 g/mol. The maximum absolute atomic E-state index is 5.36. The zero-order chi connectivity index (χ0) is 12.9. The molecule has 0 bridgehead atoms. The summed E-state index contributed by atoms with van der Waals surface area (Å²) in [6.07, 6.45) is 4.32. The van der Waals surface area contributed by atoms with Crippen molar-refractivity contribution < 1.29 is 4.74 Å². The topological polar surface area (TPSA) is 25.4 Å². The highest BCUT2D eigenvalue weighted by Gasteiger charge is 2.09. The number of aromatic nitrogens is 1. The van der Waals surface area contributed by atoms with Crippen molar-refractivity contribution in [1.29, 1.82) is 0 Å². The number of aryl methyl sites for hydroxylation is 1. The molecule has 100 valence electrons. The first-order valence-electron chi connectivity index (χ1n) is 7.05. The number of para-hydroxylation sites is 1. The molecule has 2 heterocycles. The number of hydrogen-bond donors (Lipinski definition) is 0. The van der Waals surface area contributed by atoms with Crippen molar-refractivity contribution in [2.75, 3.05) is 32.8 Å². The highest BCUT2D eigenvalue weighted by atomic mass is 16.5. The van der Waals surface area contributed by atoms with Gasteiger partial charge < -0.3 is 4.74 Å². The van der Waals surface area contributed by atoms with E-state index in [1.54, 1.807) is 0 Å². The van der Waals surface area contributed by atoms with E-state index in [9.17, 15) is 0 Å². The molecular formula is C16H20N2O. The Morgan fingerprint density at radius 1 is 1.16 bits per heavy atom. The Balaban J connectivity index is 1.56. The maximum atomic E-state index is 5.36. The number of ether oxygens (including phenoxy) is 1. The SMILES string of the molecule is c1ccc2ncc(CCCN3CCOCC3)cc2c1. The zero-order valence-electron chi connectivity index (χ0n) is 11.2. The Kier molecular flexibility index (Phi) is 4.06. The molecule has 0 aliphatic carbocycles. The quantitative estimate of drug-likeness (QED) is 0.840. The van der Waals surface area contributed by atoms with Crippen LogP contribution in [0.25, 0.3) is 10.9 Å². The first kappa shape index (κ1) is 12.6. The van der Waals surface area contributed by atoms with Crippen LogP contribution in [-0.2, 0) is 11.2 Å². The molecule has 0 unspecified atom stereocenters. The fourth-order valence-corrected chi connectivity index (χ4v) is 2.58. The van der Waals surface area contributed by atoms with E-state index in [2.05, 4.69) is 34.1 Å². The fourth-order valence-electron chi connectivity index (χ4n) is 2.58. The van der Waals surface area contributed by atoms with Gasteiger partial charge in [0.2, 0.25) is 0 Å². The van der Waals surface area contributed by atoms with Gasteiger partial charge in [0.15, 0.2) is 0 Å². The molecule has 1 aliphatic heterocycles. The highest BCUT2D eigenvalue weighted by Crippen LogP contribution is 2.14. The summed E-state index contributed by atoms with van der Waals surface area (Å²) in [5, 5.41) is 1.24. The molecule has 3 nitrogen and oxygen atoms in total. The van der Waals surface area contributed by atoms with Gasteiger partial charge in [-0.15, -0.1) is 0 Å². The Hall–Kier alpha value is -1.45. The average molecular weight is 256 g/mol. The van der Waals surface area contributed by atoms with Crippen molar-refractivity contribution >= 4 is 10.9 Å². The van der Waals surface area contributed by atoms with E-state index in [1.807, 2.05) is 12.3 Å². The molecule has 1 aromatic heterocycles. The second-order valence-electron chi connectivity index (χ2n) is 5.09. The minimum Gasteiger partial charge on any atom is -0.379 e. The van der Waals surface area contributed by atoms with E-state index >= 15 is 0 Å². The van der Waals surface area contributed by atoms with Gasteiger partial charge in [-0.3, -0.25) is 9.88 Å². The zero-order valence-corrected chi connectivity index (χ0v) is 11.2. The molecule has 0 atom stereocenters. The summed E-state index contributed by atoms with van der Waals surface area (Å²) in [6.45, 7) is 5.09. The van der Waals surface area contributed by atoms with Crippen LogP contribution in [0.1, 0.15) is 12.0 Å². The van der Waals surface area contributed by atoms with Crippen LogP contribution >= 0.6 is 0 Å². The molecule has 1 aliphatic rings.